The minimum absolute atomic E-state index is 0.0283. The van der Waals surface area contributed by atoms with Crippen molar-refractivity contribution in [1.29, 1.82) is 0 Å². The molecule has 9 nitrogen and oxygen atoms in total. The number of aromatic nitrogens is 1. The van der Waals surface area contributed by atoms with Crippen LogP contribution in [0.3, 0.4) is 0 Å². The molecule has 2 N–H and O–H groups in total. The number of nitrogens with one attached hydrogen (secondary N) is 2. The van der Waals surface area contributed by atoms with Crippen LogP contribution in [0.4, 0.5) is 5.69 Å². The van der Waals surface area contributed by atoms with Gasteiger partial charge in [0.2, 0.25) is 0 Å². The molecule has 2 heterocycles. The van der Waals surface area contributed by atoms with Crippen LogP contribution in [0.1, 0.15) is 54.4 Å². The molecule has 1 saturated heterocycles. The van der Waals surface area contributed by atoms with Crippen LogP contribution in [0.2, 0.25) is 0 Å². The van der Waals surface area contributed by atoms with Gasteiger partial charge in [0, 0.05) is 43.7 Å². The van der Waals surface area contributed by atoms with Crippen molar-refractivity contribution in [3.63, 3.8) is 0 Å². The third-order valence-electron chi connectivity index (χ3n) is 7.06. The Bertz CT molecular complexity index is 1510. The number of rotatable bonds is 8. The van der Waals surface area contributed by atoms with Gasteiger partial charge < -0.3 is 20.1 Å². The van der Waals surface area contributed by atoms with E-state index in [0.717, 1.165) is 62.2 Å². The number of amides is 1. The van der Waals surface area contributed by atoms with Crippen LogP contribution in [0.5, 0.6) is 17.2 Å². The number of anilines is 1. The Balaban J connectivity index is 1.58. The monoisotopic (exact) mass is 580 g/mol. The quantitative estimate of drug-likeness (QED) is 0.386. The molecule has 0 spiro atoms. The first-order valence-electron chi connectivity index (χ1n) is 13.8. The number of ether oxygens (including phenoxy) is 2. The highest BCUT2D eigenvalue weighted by atomic mass is 32.2. The standard InChI is InChI=1S/C31H40N4O5S/c1-21-8-9-22(16-27(21)40-25-10-12-33-24(19-25)20-35-14-7-11-32-13-15-35)30(36)34-26-17-23(31(2,3)4)18-28(29(26)39-5)41(6,37)38/h8-10,12,16-19,32H,7,11,13-15,20H2,1-6H3,(H,34,36). The summed E-state index contributed by atoms with van der Waals surface area (Å²) in [5, 5.41) is 6.28. The number of nitrogens with zero attached hydrogens (tertiary/aromatic N) is 2. The minimum Gasteiger partial charge on any atom is -0.493 e. The van der Waals surface area contributed by atoms with E-state index in [1.54, 1.807) is 36.5 Å². The molecule has 0 unspecified atom stereocenters. The Hall–Kier alpha value is -3.47. The van der Waals surface area contributed by atoms with E-state index in [4.69, 9.17) is 9.47 Å². The van der Waals surface area contributed by atoms with Gasteiger partial charge in [0.15, 0.2) is 15.6 Å². The Morgan fingerprint density at radius 3 is 2.59 bits per heavy atom. The average Bonchev–Trinajstić information content (AvgIpc) is 3.17. The van der Waals surface area contributed by atoms with E-state index in [2.05, 4.69) is 20.5 Å². The van der Waals surface area contributed by atoms with Crippen molar-refractivity contribution in [3.05, 3.63) is 71.0 Å². The maximum Gasteiger partial charge on any atom is 0.255 e. The summed E-state index contributed by atoms with van der Waals surface area (Å²) in [7, 11) is -2.23. The molecule has 1 aromatic heterocycles. The zero-order chi connectivity index (χ0) is 29.8. The molecule has 1 aliphatic rings. The zero-order valence-corrected chi connectivity index (χ0v) is 25.5. The van der Waals surface area contributed by atoms with E-state index in [1.165, 1.54) is 7.11 Å². The highest BCUT2D eigenvalue weighted by Crippen LogP contribution is 2.38. The molecule has 4 rings (SSSR count). The molecular formula is C31H40N4O5S. The summed E-state index contributed by atoms with van der Waals surface area (Å²) in [6.07, 6.45) is 3.97. The first kappa shape index (κ1) is 30.5. The van der Waals surface area contributed by atoms with Crippen molar-refractivity contribution in [2.75, 3.05) is 44.9 Å². The van der Waals surface area contributed by atoms with Gasteiger partial charge in [0.05, 0.1) is 18.5 Å². The first-order valence-corrected chi connectivity index (χ1v) is 15.6. The SMILES string of the molecule is COc1c(NC(=O)c2ccc(C)c(Oc3ccnc(CN4CCCNCC4)c3)c2)cc(C(C)(C)C)cc1S(C)(=O)=O. The van der Waals surface area contributed by atoms with Crippen LogP contribution in [-0.2, 0) is 21.8 Å². The second-order valence-corrected chi connectivity index (χ2v) is 13.5. The number of carbonyl (C=O) groups excluding carboxylic acids is 1. The van der Waals surface area contributed by atoms with E-state index in [0.29, 0.717) is 17.1 Å². The Morgan fingerprint density at radius 2 is 1.88 bits per heavy atom. The average molecular weight is 581 g/mol. The topological polar surface area (TPSA) is 110 Å². The Kier molecular flexibility index (Phi) is 9.36. The summed E-state index contributed by atoms with van der Waals surface area (Å²) in [5.41, 5.74) is 2.83. The molecule has 10 heteroatoms. The highest BCUT2D eigenvalue weighted by molar-refractivity contribution is 7.90. The molecule has 1 amide bonds. The van der Waals surface area contributed by atoms with Crippen molar-refractivity contribution in [1.82, 2.24) is 15.2 Å². The van der Waals surface area contributed by atoms with Crippen molar-refractivity contribution in [2.24, 2.45) is 0 Å². The lowest BCUT2D eigenvalue weighted by atomic mass is 9.86. The Morgan fingerprint density at radius 1 is 1.10 bits per heavy atom. The largest absolute Gasteiger partial charge is 0.493 e. The molecule has 1 fully saturated rings. The van der Waals surface area contributed by atoms with Gasteiger partial charge in [-0.2, -0.15) is 0 Å². The molecule has 220 valence electrons. The van der Waals surface area contributed by atoms with Crippen LogP contribution in [0.15, 0.2) is 53.6 Å². The van der Waals surface area contributed by atoms with Gasteiger partial charge in [-0.25, -0.2) is 8.42 Å². The second kappa shape index (κ2) is 12.6. The lowest BCUT2D eigenvalue weighted by Crippen LogP contribution is -2.27. The van der Waals surface area contributed by atoms with Gasteiger partial charge in [-0.3, -0.25) is 14.7 Å². The van der Waals surface area contributed by atoms with Crippen LogP contribution in [0, 0.1) is 6.92 Å². The van der Waals surface area contributed by atoms with Crippen LogP contribution in [-0.4, -0.2) is 63.8 Å². The fourth-order valence-electron chi connectivity index (χ4n) is 4.68. The number of hydrogen-bond acceptors (Lipinski definition) is 8. The van der Waals surface area contributed by atoms with Crippen LogP contribution in [0.25, 0.3) is 0 Å². The summed E-state index contributed by atoms with van der Waals surface area (Å²) in [6, 6.07) is 12.3. The molecule has 3 aromatic rings. The van der Waals surface area contributed by atoms with Gasteiger partial charge in [-0.1, -0.05) is 26.8 Å². The number of methoxy groups -OCH3 is 1. The van der Waals surface area contributed by atoms with E-state index in [-0.39, 0.29) is 21.7 Å². The Labute approximate surface area is 243 Å². The number of carbonyl (C=O) groups is 1. The zero-order valence-electron chi connectivity index (χ0n) is 24.7. The fraction of sp³-hybridized carbons (Fsp3) is 0.419. The maximum absolute atomic E-state index is 13.4. The number of sulfone groups is 1. The van der Waals surface area contributed by atoms with E-state index in [9.17, 15) is 13.2 Å². The number of aryl methyl sites for hydroxylation is 1. The highest BCUT2D eigenvalue weighted by Gasteiger charge is 2.25. The third-order valence-corrected chi connectivity index (χ3v) is 8.16. The van der Waals surface area contributed by atoms with Crippen molar-refractivity contribution < 1.29 is 22.7 Å². The van der Waals surface area contributed by atoms with Crippen molar-refractivity contribution >= 4 is 21.4 Å². The second-order valence-electron chi connectivity index (χ2n) is 11.5. The van der Waals surface area contributed by atoms with Crippen molar-refractivity contribution in [3.8, 4) is 17.2 Å². The molecule has 0 bridgehead atoms. The van der Waals surface area contributed by atoms with Gasteiger partial charge in [0.25, 0.3) is 5.91 Å². The van der Waals surface area contributed by atoms with Gasteiger partial charge in [-0.15, -0.1) is 0 Å². The summed E-state index contributed by atoms with van der Waals surface area (Å²) >= 11 is 0. The summed E-state index contributed by atoms with van der Waals surface area (Å²) in [5.74, 6) is 0.868. The lowest BCUT2D eigenvalue weighted by Gasteiger charge is -2.23. The van der Waals surface area contributed by atoms with Crippen LogP contribution >= 0.6 is 0 Å². The van der Waals surface area contributed by atoms with Crippen molar-refractivity contribution in [2.45, 2.75) is 51.0 Å². The summed E-state index contributed by atoms with van der Waals surface area (Å²) in [4.78, 5) is 20.4. The molecule has 0 radical (unpaired) electrons. The number of pyridine rings is 1. The fourth-order valence-corrected chi connectivity index (χ4v) is 5.55. The third kappa shape index (κ3) is 7.84. The molecule has 0 saturated carbocycles. The van der Waals surface area contributed by atoms with E-state index >= 15 is 0 Å². The van der Waals surface area contributed by atoms with Crippen LogP contribution < -0.4 is 20.1 Å². The smallest absolute Gasteiger partial charge is 0.255 e. The summed E-state index contributed by atoms with van der Waals surface area (Å²) < 4.78 is 36.9. The number of hydrogen-bond donors (Lipinski definition) is 2. The molecule has 41 heavy (non-hydrogen) atoms. The molecule has 1 aliphatic heterocycles. The lowest BCUT2D eigenvalue weighted by molar-refractivity contribution is 0.102. The van der Waals surface area contributed by atoms with Gasteiger partial charge in [-0.05, 0) is 73.3 Å². The maximum atomic E-state index is 13.4. The molecule has 0 aliphatic carbocycles. The van der Waals surface area contributed by atoms with E-state index < -0.39 is 15.7 Å². The van der Waals surface area contributed by atoms with Gasteiger partial charge >= 0.3 is 0 Å². The molecule has 0 atom stereocenters. The molecular weight excluding hydrogens is 540 g/mol. The summed E-state index contributed by atoms with van der Waals surface area (Å²) in [6.45, 7) is 12.6. The minimum atomic E-state index is -3.62. The predicted octanol–water partition coefficient (Wildman–Crippen LogP) is 4.94. The number of benzene rings is 2. The predicted molar refractivity (Wildman–Crippen MR) is 161 cm³/mol. The first-order chi connectivity index (χ1) is 19.3. The van der Waals surface area contributed by atoms with Gasteiger partial charge in [0.1, 0.15) is 16.4 Å². The van der Waals surface area contributed by atoms with E-state index in [1.807, 2.05) is 39.8 Å². The molecule has 2 aromatic carbocycles. The normalized spacial score (nSPS) is 14.8.